The molecule has 1 aliphatic rings. The molecule has 1 aromatic heterocycles. The van der Waals surface area contributed by atoms with Crippen LogP contribution in [-0.4, -0.2) is 49.8 Å². The predicted octanol–water partition coefficient (Wildman–Crippen LogP) is 4.00. The minimum Gasteiger partial charge on any atom is -0.452 e. The van der Waals surface area contributed by atoms with Crippen molar-refractivity contribution in [3.05, 3.63) is 75.9 Å². The predicted molar refractivity (Wildman–Crippen MR) is 133 cm³/mol. The molecule has 8 nitrogen and oxygen atoms in total. The molecule has 180 valence electrons. The second-order valence-corrected chi connectivity index (χ2v) is 8.36. The number of ether oxygens (including phenoxy) is 2. The van der Waals surface area contributed by atoms with E-state index in [0.29, 0.717) is 40.9 Å². The molecule has 9 heteroatoms. The van der Waals surface area contributed by atoms with Crippen molar-refractivity contribution >= 4 is 52.1 Å². The number of aromatic nitrogens is 1. The summed E-state index contributed by atoms with van der Waals surface area (Å²) in [6.07, 6.45) is 3.36. The number of fused-ring (bicyclic) bond motifs is 2. The fourth-order valence-electron chi connectivity index (χ4n) is 3.95. The van der Waals surface area contributed by atoms with Gasteiger partial charge in [-0.3, -0.25) is 10.1 Å². The van der Waals surface area contributed by atoms with E-state index in [4.69, 9.17) is 26.1 Å². The van der Waals surface area contributed by atoms with Crippen molar-refractivity contribution in [1.29, 1.82) is 0 Å². The molecule has 2 aromatic carbocycles. The second-order valence-electron chi connectivity index (χ2n) is 7.93. The van der Waals surface area contributed by atoms with Gasteiger partial charge in [-0.2, -0.15) is 0 Å². The average molecular weight is 494 g/mol. The molecule has 0 unspecified atom stereocenters. The summed E-state index contributed by atoms with van der Waals surface area (Å²) in [6.45, 7) is -0.0306. The molecule has 4 rings (SSSR count). The Hall–Kier alpha value is -3.75. The monoisotopic (exact) mass is 493 g/mol. The van der Waals surface area contributed by atoms with Gasteiger partial charge in [0, 0.05) is 24.1 Å². The van der Waals surface area contributed by atoms with E-state index in [1.54, 1.807) is 0 Å². The number of imide groups is 1. The number of allylic oxidation sites excluding steroid dienone is 1. The molecule has 3 amide bonds. The first kappa shape index (κ1) is 24.4. The van der Waals surface area contributed by atoms with E-state index in [0.717, 1.165) is 22.4 Å². The summed E-state index contributed by atoms with van der Waals surface area (Å²) in [5.41, 5.74) is 4.56. The van der Waals surface area contributed by atoms with E-state index in [1.807, 2.05) is 54.6 Å². The first-order valence-electron chi connectivity index (χ1n) is 11.1. The first-order chi connectivity index (χ1) is 17.0. The number of pyridine rings is 1. The van der Waals surface area contributed by atoms with Crippen molar-refractivity contribution in [1.82, 2.24) is 15.6 Å². The molecular weight excluding hydrogens is 470 g/mol. The maximum Gasteiger partial charge on any atom is 0.339 e. The van der Waals surface area contributed by atoms with Gasteiger partial charge in [-0.15, -0.1) is 0 Å². The maximum absolute atomic E-state index is 13.1. The standard InChI is InChI=1S/C26H24ClN3O5/c1-34-13-12-28-26(33)30-22(31)15-35-25(32)23-19-4-2-3-5-21(19)29-24-17(8-11-20(23)24)14-16-6-9-18(27)10-7-16/h2-7,9-10,14H,8,11-13,15H2,1H3,(H2,28,30,31,33)/b17-14+. The Morgan fingerprint density at radius 1 is 1.09 bits per heavy atom. The SMILES string of the molecule is COCCNC(=O)NC(=O)COC(=O)c1c2c(nc3ccccc13)/C(=C/c1ccc(Cl)cc1)CC2. The smallest absolute Gasteiger partial charge is 0.339 e. The molecule has 3 aromatic rings. The summed E-state index contributed by atoms with van der Waals surface area (Å²) in [5.74, 6) is -1.37. The third-order valence-corrected chi connectivity index (χ3v) is 5.79. The van der Waals surface area contributed by atoms with E-state index >= 15 is 0 Å². The van der Waals surface area contributed by atoms with Gasteiger partial charge < -0.3 is 14.8 Å². The molecule has 0 atom stereocenters. The Morgan fingerprint density at radius 3 is 2.63 bits per heavy atom. The molecule has 0 saturated heterocycles. The molecule has 0 saturated carbocycles. The zero-order chi connectivity index (χ0) is 24.8. The number of nitrogens with zero attached hydrogens (tertiary/aromatic N) is 1. The van der Waals surface area contributed by atoms with E-state index in [-0.39, 0.29) is 6.54 Å². The van der Waals surface area contributed by atoms with Gasteiger partial charge in [0.05, 0.1) is 23.4 Å². The van der Waals surface area contributed by atoms with Crippen LogP contribution < -0.4 is 10.6 Å². The Bertz CT molecular complexity index is 1300. The Labute approximate surface area is 207 Å². The van der Waals surface area contributed by atoms with Crippen molar-refractivity contribution < 1.29 is 23.9 Å². The van der Waals surface area contributed by atoms with Crippen molar-refractivity contribution in [3.8, 4) is 0 Å². The molecule has 0 spiro atoms. The molecule has 0 radical (unpaired) electrons. The molecule has 0 bridgehead atoms. The number of amides is 3. The van der Waals surface area contributed by atoms with Crippen molar-refractivity contribution in [2.75, 3.05) is 26.9 Å². The van der Waals surface area contributed by atoms with Crippen LogP contribution in [0.15, 0.2) is 48.5 Å². The first-order valence-corrected chi connectivity index (χ1v) is 11.5. The highest BCUT2D eigenvalue weighted by atomic mass is 35.5. The highest BCUT2D eigenvalue weighted by molar-refractivity contribution is 6.30. The Morgan fingerprint density at radius 2 is 1.86 bits per heavy atom. The average Bonchev–Trinajstić information content (AvgIpc) is 3.24. The number of esters is 1. The van der Waals surface area contributed by atoms with Crippen LogP contribution in [-0.2, 0) is 20.7 Å². The quantitative estimate of drug-likeness (QED) is 0.380. The lowest BCUT2D eigenvalue weighted by atomic mass is 10.0. The highest BCUT2D eigenvalue weighted by Crippen LogP contribution is 2.37. The summed E-state index contributed by atoms with van der Waals surface area (Å²) in [4.78, 5) is 41.8. The number of carbonyl (C=O) groups excluding carboxylic acids is 3. The summed E-state index contributed by atoms with van der Waals surface area (Å²) in [7, 11) is 1.50. The van der Waals surface area contributed by atoms with Crippen molar-refractivity contribution in [2.24, 2.45) is 0 Å². The largest absolute Gasteiger partial charge is 0.452 e. The van der Waals surface area contributed by atoms with E-state index in [2.05, 4.69) is 10.6 Å². The fraction of sp³-hybridized carbons (Fsp3) is 0.231. The molecular formula is C26H24ClN3O5. The van der Waals surface area contributed by atoms with E-state index in [9.17, 15) is 14.4 Å². The van der Waals surface area contributed by atoms with Crippen LogP contribution in [0.2, 0.25) is 5.02 Å². The lowest BCUT2D eigenvalue weighted by Gasteiger charge is -2.12. The number of carbonyl (C=O) groups is 3. The van der Waals surface area contributed by atoms with Crippen LogP contribution in [0.4, 0.5) is 4.79 Å². The summed E-state index contributed by atoms with van der Waals surface area (Å²) < 4.78 is 10.1. The van der Waals surface area contributed by atoms with Crippen LogP contribution in [0.3, 0.4) is 0 Å². The number of hydrogen-bond donors (Lipinski definition) is 2. The zero-order valence-electron chi connectivity index (χ0n) is 19.1. The number of rotatable bonds is 7. The van der Waals surface area contributed by atoms with Crippen LogP contribution in [0.25, 0.3) is 22.6 Å². The van der Waals surface area contributed by atoms with Gasteiger partial charge in [-0.1, -0.05) is 41.9 Å². The highest BCUT2D eigenvalue weighted by Gasteiger charge is 2.28. The third kappa shape index (κ3) is 5.85. The maximum atomic E-state index is 13.1. The number of urea groups is 1. The summed E-state index contributed by atoms with van der Waals surface area (Å²) in [5, 5.41) is 5.89. The summed E-state index contributed by atoms with van der Waals surface area (Å²) in [6, 6.07) is 14.1. The van der Waals surface area contributed by atoms with Gasteiger partial charge in [0.2, 0.25) is 0 Å². The second kappa shape index (κ2) is 11.1. The minimum absolute atomic E-state index is 0.246. The fourth-order valence-corrected chi connectivity index (χ4v) is 4.08. The topological polar surface area (TPSA) is 107 Å². The molecule has 2 N–H and O–H groups in total. The van der Waals surface area contributed by atoms with Crippen LogP contribution >= 0.6 is 11.6 Å². The van der Waals surface area contributed by atoms with E-state index < -0.39 is 24.5 Å². The lowest BCUT2D eigenvalue weighted by Crippen LogP contribution is -2.42. The normalized spacial score (nSPS) is 13.5. The van der Waals surface area contributed by atoms with Gasteiger partial charge >= 0.3 is 12.0 Å². The Kier molecular flexibility index (Phi) is 7.74. The van der Waals surface area contributed by atoms with Gasteiger partial charge in [0.15, 0.2) is 6.61 Å². The van der Waals surface area contributed by atoms with Gasteiger partial charge in [0.1, 0.15) is 0 Å². The third-order valence-electron chi connectivity index (χ3n) is 5.54. The Balaban J connectivity index is 1.56. The number of hydrogen-bond acceptors (Lipinski definition) is 6. The number of nitrogens with one attached hydrogen (secondary N) is 2. The van der Waals surface area contributed by atoms with Gasteiger partial charge in [0.25, 0.3) is 5.91 Å². The molecule has 1 aliphatic carbocycles. The number of para-hydroxylation sites is 1. The zero-order valence-corrected chi connectivity index (χ0v) is 19.9. The van der Waals surface area contributed by atoms with Crippen LogP contribution in [0, 0.1) is 0 Å². The number of halogens is 1. The summed E-state index contributed by atoms with van der Waals surface area (Å²) >= 11 is 6.00. The van der Waals surface area contributed by atoms with Gasteiger partial charge in [-0.05, 0) is 53.8 Å². The number of methoxy groups -OCH3 is 1. The lowest BCUT2D eigenvalue weighted by molar-refractivity contribution is -0.123. The number of benzene rings is 2. The van der Waals surface area contributed by atoms with Crippen molar-refractivity contribution in [2.45, 2.75) is 12.8 Å². The van der Waals surface area contributed by atoms with Crippen LogP contribution in [0.1, 0.15) is 33.6 Å². The molecule has 1 heterocycles. The van der Waals surface area contributed by atoms with Crippen LogP contribution in [0.5, 0.6) is 0 Å². The molecule has 35 heavy (non-hydrogen) atoms. The molecule has 0 aliphatic heterocycles. The minimum atomic E-state index is -0.730. The van der Waals surface area contributed by atoms with Crippen molar-refractivity contribution in [3.63, 3.8) is 0 Å². The van der Waals surface area contributed by atoms with Gasteiger partial charge in [-0.25, -0.2) is 14.6 Å². The molecule has 0 fully saturated rings. The van der Waals surface area contributed by atoms with E-state index in [1.165, 1.54) is 7.11 Å².